The summed E-state index contributed by atoms with van der Waals surface area (Å²) in [6.07, 6.45) is 2.18. The Labute approximate surface area is 156 Å². The fourth-order valence-corrected chi connectivity index (χ4v) is 3.41. The lowest BCUT2D eigenvalue weighted by Gasteiger charge is -2.05. The van der Waals surface area contributed by atoms with Gasteiger partial charge in [0, 0.05) is 0 Å². The second-order valence-corrected chi connectivity index (χ2v) is 7.06. The van der Waals surface area contributed by atoms with E-state index >= 15 is 0 Å². The number of hydrogen-bond donors (Lipinski definition) is 2. The van der Waals surface area contributed by atoms with Gasteiger partial charge in [-0.3, -0.25) is 4.79 Å². The number of methoxy groups -OCH3 is 1. The highest BCUT2D eigenvalue weighted by atomic mass is 32.2. The first-order valence-corrected chi connectivity index (χ1v) is 8.94. The van der Waals surface area contributed by atoms with Crippen LogP contribution in [0.15, 0.2) is 52.7 Å². The molecule has 0 saturated carbocycles. The number of aromatic hydroxyl groups is 1. The lowest BCUT2D eigenvalue weighted by molar-refractivity contribution is -0.118. The smallest absolute Gasteiger partial charge is 0.239 e. The molecular weight excluding hydrogens is 350 g/mol. The Bertz CT molecular complexity index is 863. The number of nitrogens with zero attached hydrogens (tertiary/aromatic N) is 2. The Kier molecular flexibility index (Phi) is 5.58. The van der Waals surface area contributed by atoms with E-state index < -0.39 is 0 Å². The van der Waals surface area contributed by atoms with E-state index in [1.165, 1.54) is 36.7 Å². The zero-order chi connectivity index (χ0) is 18.5. The molecule has 2 N–H and O–H groups in total. The van der Waals surface area contributed by atoms with Crippen LogP contribution < -0.4 is 10.1 Å². The molecule has 3 rings (SSSR count). The molecule has 0 aliphatic carbocycles. The predicted molar refractivity (Wildman–Crippen MR) is 104 cm³/mol. The molecule has 0 spiro atoms. The quantitative estimate of drug-likeness (QED) is 0.627. The molecular formula is C19H19N3O3S. The number of phenols is 1. The highest BCUT2D eigenvalue weighted by Crippen LogP contribution is 2.26. The van der Waals surface area contributed by atoms with Gasteiger partial charge in [-0.15, -0.1) is 5.10 Å². The van der Waals surface area contributed by atoms with Crippen LogP contribution in [-0.4, -0.2) is 34.8 Å². The summed E-state index contributed by atoms with van der Waals surface area (Å²) in [7, 11) is 1.48. The van der Waals surface area contributed by atoms with E-state index in [-0.39, 0.29) is 16.9 Å². The molecule has 1 fully saturated rings. The average Bonchev–Trinajstić information content (AvgIpc) is 2.98. The molecule has 1 saturated heterocycles. The van der Waals surface area contributed by atoms with Gasteiger partial charge in [0.15, 0.2) is 16.7 Å². The zero-order valence-electron chi connectivity index (χ0n) is 14.5. The van der Waals surface area contributed by atoms with Crippen LogP contribution >= 0.6 is 11.8 Å². The molecule has 26 heavy (non-hydrogen) atoms. The Morgan fingerprint density at radius 1 is 1.27 bits per heavy atom. The average molecular weight is 369 g/mol. The van der Waals surface area contributed by atoms with Crippen LogP contribution in [-0.2, 0) is 11.2 Å². The summed E-state index contributed by atoms with van der Waals surface area (Å²) in [5.41, 5.74) is 3.04. The highest BCUT2D eigenvalue weighted by molar-refractivity contribution is 8.15. The minimum Gasteiger partial charge on any atom is -0.504 e. The van der Waals surface area contributed by atoms with Crippen LogP contribution in [0.3, 0.4) is 0 Å². The lowest BCUT2D eigenvalue weighted by atomic mass is 10.1. The van der Waals surface area contributed by atoms with Gasteiger partial charge in [0.1, 0.15) is 0 Å². The van der Waals surface area contributed by atoms with Crippen molar-refractivity contribution >= 4 is 29.1 Å². The minimum atomic E-state index is -0.208. The molecule has 1 unspecified atom stereocenters. The summed E-state index contributed by atoms with van der Waals surface area (Å²) in [6, 6.07) is 13.0. The number of phenolic OH excluding ortho intramolecular Hbond substituents is 1. The van der Waals surface area contributed by atoms with Gasteiger partial charge in [0.2, 0.25) is 5.91 Å². The maximum absolute atomic E-state index is 12.1. The molecule has 1 aliphatic rings. The van der Waals surface area contributed by atoms with Crippen LogP contribution in [0.1, 0.15) is 16.7 Å². The molecule has 0 bridgehead atoms. The monoisotopic (exact) mass is 369 g/mol. The van der Waals surface area contributed by atoms with E-state index in [2.05, 4.69) is 15.5 Å². The van der Waals surface area contributed by atoms with E-state index in [1.54, 1.807) is 12.1 Å². The fourth-order valence-electron chi connectivity index (χ4n) is 2.45. The zero-order valence-corrected chi connectivity index (χ0v) is 15.3. The topological polar surface area (TPSA) is 83.3 Å². The van der Waals surface area contributed by atoms with E-state index in [9.17, 15) is 9.90 Å². The molecule has 2 aromatic carbocycles. The third-order valence-electron chi connectivity index (χ3n) is 3.88. The van der Waals surface area contributed by atoms with Gasteiger partial charge >= 0.3 is 0 Å². The van der Waals surface area contributed by atoms with Crippen molar-refractivity contribution in [2.24, 2.45) is 10.2 Å². The Hall–Kier alpha value is -2.80. The molecule has 0 radical (unpaired) electrons. The lowest BCUT2D eigenvalue weighted by Crippen LogP contribution is -2.25. The number of rotatable bonds is 5. The largest absolute Gasteiger partial charge is 0.504 e. The maximum atomic E-state index is 12.1. The molecule has 2 aromatic rings. The Morgan fingerprint density at radius 3 is 2.77 bits per heavy atom. The van der Waals surface area contributed by atoms with Crippen molar-refractivity contribution in [3.63, 3.8) is 0 Å². The van der Waals surface area contributed by atoms with Gasteiger partial charge in [-0.2, -0.15) is 5.10 Å². The van der Waals surface area contributed by atoms with E-state index in [0.717, 1.165) is 11.1 Å². The van der Waals surface area contributed by atoms with Crippen molar-refractivity contribution in [3.8, 4) is 11.5 Å². The van der Waals surface area contributed by atoms with Gasteiger partial charge in [0.25, 0.3) is 0 Å². The molecule has 1 aliphatic heterocycles. The summed E-state index contributed by atoms with van der Waals surface area (Å²) >= 11 is 1.37. The number of aryl methyl sites for hydroxylation is 1. The van der Waals surface area contributed by atoms with Gasteiger partial charge in [-0.05, 0) is 42.7 Å². The molecule has 7 heteroatoms. The van der Waals surface area contributed by atoms with Crippen LogP contribution in [0.5, 0.6) is 11.5 Å². The van der Waals surface area contributed by atoms with Crippen LogP contribution in [0.2, 0.25) is 0 Å². The number of carbonyl (C=O) groups is 1. The fraction of sp³-hybridized carbons (Fsp3) is 0.211. The molecule has 134 valence electrons. The van der Waals surface area contributed by atoms with E-state index in [1.807, 2.05) is 31.2 Å². The minimum absolute atomic E-state index is 0.0594. The molecule has 1 atom stereocenters. The van der Waals surface area contributed by atoms with Gasteiger partial charge in [-0.25, -0.2) is 0 Å². The number of thioether (sulfide) groups is 1. The summed E-state index contributed by atoms with van der Waals surface area (Å²) < 4.78 is 5.05. The predicted octanol–water partition coefficient (Wildman–Crippen LogP) is 2.87. The van der Waals surface area contributed by atoms with Gasteiger partial charge < -0.3 is 15.2 Å². The SMILES string of the molecule is COc1cc(/C=N/N=C2\NC(=O)C(Cc3ccc(C)cc3)S2)ccc1O. The number of carbonyl (C=O) groups excluding carboxylic acids is 1. The summed E-state index contributed by atoms with van der Waals surface area (Å²) in [4.78, 5) is 12.1. The number of amidine groups is 1. The van der Waals surface area contributed by atoms with Crippen molar-refractivity contribution in [1.29, 1.82) is 0 Å². The Balaban J connectivity index is 1.63. The molecule has 1 amide bonds. The van der Waals surface area contributed by atoms with E-state index in [4.69, 9.17) is 4.74 Å². The first kappa shape index (κ1) is 18.0. The van der Waals surface area contributed by atoms with Crippen molar-refractivity contribution in [3.05, 3.63) is 59.2 Å². The first-order chi connectivity index (χ1) is 12.5. The van der Waals surface area contributed by atoms with Crippen LogP contribution in [0, 0.1) is 6.92 Å². The third kappa shape index (κ3) is 4.43. The third-order valence-corrected chi connectivity index (χ3v) is 4.95. The number of amides is 1. The summed E-state index contributed by atoms with van der Waals surface area (Å²) in [5, 5.41) is 20.7. The maximum Gasteiger partial charge on any atom is 0.239 e. The van der Waals surface area contributed by atoms with Crippen LogP contribution in [0.25, 0.3) is 0 Å². The molecule has 0 aromatic heterocycles. The second kappa shape index (κ2) is 8.05. The normalized spacial score (nSPS) is 18.5. The standard InChI is InChI=1S/C19H19N3O3S/c1-12-3-5-13(6-4-12)10-17-18(24)21-19(26-17)22-20-11-14-7-8-15(23)16(9-14)25-2/h3-9,11,17,23H,10H2,1-2H3,(H,21,22,24)/b20-11+. The number of nitrogens with one attached hydrogen (secondary N) is 1. The van der Waals surface area contributed by atoms with Gasteiger partial charge in [0.05, 0.1) is 18.6 Å². The molecule has 1 heterocycles. The number of ether oxygens (including phenoxy) is 1. The Morgan fingerprint density at radius 2 is 2.04 bits per heavy atom. The first-order valence-electron chi connectivity index (χ1n) is 8.06. The van der Waals surface area contributed by atoms with Gasteiger partial charge in [-0.1, -0.05) is 41.6 Å². The second-order valence-electron chi connectivity index (χ2n) is 5.87. The summed E-state index contributed by atoms with van der Waals surface area (Å²) in [6.45, 7) is 2.03. The number of benzene rings is 2. The van der Waals surface area contributed by atoms with Crippen molar-refractivity contribution in [2.75, 3.05) is 7.11 Å². The summed E-state index contributed by atoms with van der Waals surface area (Å²) in [5.74, 6) is 0.368. The molecule has 6 nitrogen and oxygen atoms in total. The van der Waals surface area contributed by atoms with Crippen LogP contribution in [0.4, 0.5) is 0 Å². The highest BCUT2D eigenvalue weighted by Gasteiger charge is 2.30. The van der Waals surface area contributed by atoms with Crippen molar-refractivity contribution in [1.82, 2.24) is 5.32 Å². The van der Waals surface area contributed by atoms with Crippen molar-refractivity contribution < 1.29 is 14.6 Å². The van der Waals surface area contributed by atoms with E-state index in [0.29, 0.717) is 17.3 Å². The number of hydrogen-bond acceptors (Lipinski definition) is 6. The van der Waals surface area contributed by atoms with Crippen molar-refractivity contribution in [2.45, 2.75) is 18.6 Å².